The minimum atomic E-state index is -4.17. The van der Waals surface area contributed by atoms with Crippen LogP contribution in [0.15, 0.2) is 120 Å². The van der Waals surface area contributed by atoms with Crippen LogP contribution in [0.1, 0.15) is 28.8 Å². The van der Waals surface area contributed by atoms with Crippen LogP contribution < -0.4 is 19.7 Å². The summed E-state index contributed by atoms with van der Waals surface area (Å²) in [5.74, 6) is 0.381. The fraction of sp³-hybridized carbons (Fsp3) is 0.268. The molecule has 0 saturated carbocycles. The van der Waals surface area contributed by atoms with Gasteiger partial charge in [-0.1, -0.05) is 48.0 Å². The second kappa shape index (κ2) is 16.8. The summed E-state index contributed by atoms with van der Waals surface area (Å²) in [6.45, 7) is 6.31. The zero-order valence-electron chi connectivity index (χ0n) is 29.3. The van der Waals surface area contributed by atoms with Gasteiger partial charge >= 0.3 is 0 Å². The van der Waals surface area contributed by atoms with Gasteiger partial charge in [0.25, 0.3) is 15.9 Å². The summed E-state index contributed by atoms with van der Waals surface area (Å²) < 4.78 is 40.5. The minimum absolute atomic E-state index is 0.0116. The van der Waals surface area contributed by atoms with Crippen molar-refractivity contribution < 1.29 is 22.7 Å². The Morgan fingerprint density at radius 1 is 0.887 bits per heavy atom. The largest absolute Gasteiger partial charge is 0.455 e. The van der Waals surface area contributed by atoms with Gasteiger partial charge in [-0.05, 0) is 96.1 Å². The lowest BCUT2D eigenvalue weighted by Gasteiger charge is -2.36. The Labute approximate surface area is 315 Å². The Hall–Kier alpha value is -4.94. The van der Waals surface area contributed by atoms with E-state index in [0.717, 1.165) is 82.3 Å². The maximum atomic E-state index is 13.6. The third kappa shape index (κ3) is 9.36. The highest BCUT2D eigenvalue weighted by atomic mass is 35.5. The first kappa shape index (κ1) is 36.4. The Bertz CT molecular complexity index is 2100. The van der Waals surface area contributed by atoms with Crippen molar-refractivity contribution in [3.8, 4) is 22.6 Å². The topological polar surface area (TPSA) is 113 Å². The maximum Gasteiger partial charge on any atom is 0.268 e. The van der Waals surface area contributed by atoms with Gasteiger partial charge in [-0.15, -0.1) is 0 Å². The number of amides is 1. The number of aromatic nitrogens is 1. The van der Waals surface area contributed by atoms with Crippen LogP contribution in [0.25, 0.3) is 11.1 Å². The van der Waals surface area contributed by atoms with Gasteiger partial charge in [0.15, 0.2) is 0 Å². The molecule has 0 spiro atoms. The second-order valence-corrected chi connectivity index (χ2v) is 15.4. The Balaban J connectivity index is 1.02. The summed E-state index contributed by atoms with van der Waals surface area (Å²) in [7, 11) is -4.17. The van der Waals surface area contributed by atoms with Gasteiger partial charge in [0.05, 0.1) is 16.7 Å². The molecule has 5 aromatic rings. The zero-order valence-corrected chi connectivity index (χ0v) is 30.9. The molecule has 1 amide bonds. The molecule has 3 heterocycles. The number of carbonyl (C=O) groups is 1. The summed E-state index contributed by atoms with van der Waals surface area (Å²) in [6.07, 6.45) is 5.17. The third-order valence-electron chi connectivity index (χ3n) is 9.70. The van der Waals surface area contributed by atoms with Crippen molar-refractivity contribution in [3.05, 3.63) is 132 Å². The van der Waals surface area contributed by atoms with E-state index in [-0.39, 0.29) is 16.2 Å². The number of benzene rings is 4. The summed E-state index contributed by atoms with van der Waals surface area (Å²) in [5, 5.41) is 4.09. The molecule has 4 aromatic carbocycles. The van der Waals surface area contributed by atoms with E-state index in [4.69, 9.17) is 21.1 Å². The van der Waals surface area contributed by atoms with Crippen LogP contribution in [0.3, 0.4) is 0 Å². The normalized spacial score (nSPS) is 15.5. The van der Waals surface area contributed by atoms with Crippen molar-refractivity contribution in [2.24, 2.45) is 5.92 Å². The van der Waals surface area contributed by atoms with E-state index >= 15 is 0 Å². The van der Waals surface area contributed by atoms with Gasteiger partial charge in [-0.2, -0.15) is 0 Å². The maximum absolute atomic E-state index is 13.6. The molecule has 0 unspecified atom stereocenters. The molecular weight excluding hydrogens is 710 g/mol. The molecule has 2 aliphatic heterocycles. The summed E-state index contributed by atoms with van der Waals surface area (Å²) in [5.41, 5.74) is 5.34. The van der Waals surface area contributed by atoms with Crippen LogP contribution in [0.4, 0.5) is 11.4 Å². The van der Waals surface area contributed by atoms with Crippen molar-refractivity contribution in [1.29, 1.82) is 0 Å². The van der Waals surface area contributed by atoms with Crippen LogP contribution in [0.5, 0.6) is 11.5 Å². The van der Waals surface area contributed by atoms with E-state index in [1.807, 2.05) is 18.2 Å². The fourth-order valence-electron chi connectivity index (χ4n) is 6.69. The monoisotopic (exact) mass is 751 g/mol. The van der Waals surface area contributed by atoms with Crippen molar-refractivity contribution in [2.75, 3.05) is 56.2 Å². The number of carbonyl (C=O) groups excluding carboxylic acids is 1. The molecular formula is C41H42ClN5O5S. The fourth-order valence-corrected chi connectivity index (χ4v) is 7.78. The van der Waals surface area contributed by atoms with Gasteiger partial charge in [0, 0.05) is 81.1 Å². The lowest BCUT2D eigenvalue weighted by Crippen LogP contribution is -2.46. The van der Waals surface area contributed by atoms with E-state index in [1.54, 1.807) is 48.8 Å². The lowest BCUT2D eigenvalue weighted by molar-refractivity contribution is 0.0699. The van der Waals surface area contributed by atoms with E-state index in [1.165, 1.54) is 23.3 Å². The van der Waals surface area contributed by atoms with Gasteiger partial charge in [0.1, 0.15) is 11.5 Å². The van der Waals surface area contributed by atoms with Crippen LogP contribution in [-0.2, 0) is 21.3 Å². The number of piperazine rings is 1. The number of nitrogens with one attached hydrogen (secondary N) is 2. The molecule has 2 N–H and O–H groups in total. The zero-order chi connectivity index (χ0) is 36.6. The quantitative estimate of drug-likeness (QED) is 0.134. The number of rotatable bonds is 12. The lowest BCUT2D eigenvalue weighted by atomic mass is 9.99. The Morgan fingerprint density at radius 3 is 2.38 bits per heavy atom. The van der Waals surface area contributed by atoms with E-state index < -0.39 is 15.9 Å². The summed E-state index contributed by atoms with van der Waals surface area (Å²) in [4.78, 5) is 22.4. The van der Waals surface area contributed by atoms with Crippen LogP contribution in [-0.4, -0.2) is 70.1 Å². The predicted octanol–water partition coefficient (Wildman–Crippen LogP) is 7.47. The molecule has 1 aromatic heterocycles. The van der Waals surface area contributed by atoms with Gasteiger partial charge in [-0.3, -0.25) is 14.7 Å². The first-order valence-corrected chi connectivity index (χ1v) is 19.7. The first-order valence-electron chi connectivity index (χ1n) is 17.8. The number of hydrogen-bond acceptors (Lipinski definition) is 9. The smallest absolute Gasteiger partial charge is 0.268 e. The van der Waals surface area contributed by atoms with Crippen molar-refractivity contribution in [1.82, 2.24) is 14.6 Å². The molecule has 2 fully saturated rings. The first-order chi connectivity index (χ1) is 25.8. The highest BCUT2D eigenvalue weighted by Crippen LogP contribution is 2.32. The number of pyridine rings is 1. The molecule has 10 nitrogen and oxygen atoms in total. The number of anilines is 2. The molecule has 0 atom stereocenters. The molecule has 2 saturated heterocycles. The molecule has 0 aliphatic carbocycles. The van der Waals surface area contributed by atoms with Crippen LogP contribution in [0, 0.1) is 5.92 Å². The molecule has 7 rings (SSSR count). The molecule has 53 heavy (non-hydrogen) atoms. The highest BCUT2D eigenvalue weighted by molar-refractivity contribution is 7.90. The SMILES string of the molecule is O=C(NS(=O)(=O)c1ccc(NCC2CCOCC2)cc1)c1ccc(N2CCN(Cc3ccccc3-c3ccc(Cl)cc3)CC2)cc1Oc1cccnc1. The number of sulfonamides is 1. The van der Waals surface area contributed by atoms with Gasteiger partial charge in [0.2, 0.25) is 0 Å². The number of nitrogens with zero attached hydrogens (tertiary/aromatic N) is 3. The van der Waals surface area contributed by atoms with Crippen LogP contribution >= 0.6 is 11.6 Å². The average molecular weight is 752 g/mol. The molecule has 274 valence electrons. The standard InChI is InChI=1S/C41H42ClN5O5S/c42-33-9-7-31(8-10-33)38-6-2-1-4-32(38)29-46-20-22-47(23-21-46)35-13-16-39(40(26-35)52-36-5-3-19-43-28-36)41(48)45-53(49,50)37-14-11-34(12-15-37)44-27-30-17-24-51-25-18-30/h1-16,19,26,28,30,44H,17-18,20-25,27,29H2,(H,45,48). The number of hydrogen-bond donors (Lipinski definition) is 2. The van der Waals surface area contributed by atoms with Crippen molar-refractivity contribution in [3.63, 3.8) is 0 Å². The number of ether oxygens (including phenoxy) is 2. The van der Waals surface area contributed by atoms with Gasteiger partial charge < -0.3 is 19.7 Å². The molecule has 12 heteroatoms. The number of halogens is 1. The molecule has 2 aliphatic rings. The average Bonchev–Trinajstić information content (AvgIpc) is 3.19. The van der Waals surface area contributed by atoms with Crippen LogP contribution in [0.2, 0.25) is 5.02 Å². The summed E-state index contributed by atoms with van der Waals surface area (Å²) >= 11 is 6.14. The predicted molar refractivity (Wildman–Crippen MR) is 208 cm³/mol. The Morgan fingerprint density at radius 2 is 1.64 bits per heavy atom. The summed E-state index contributed by atoms with van der Waals surface area (Å²) in [6, 6.07) is 31.5. The van der Waals surface area contributed by atoms with E-state index in [2.05, 4.69) is 61.2 Å². The van der Waals surface area contributed by atoms with Gasteiger partial charge in [-0.25, -0.2) is 13.1 Å². The highest BCUT2D eigenvalue weighted by Gasteiger charge is 2.25. The van der Waals surface area contributed by atoms with Crippen molar-refractivity contribution in [2.45, 2.75) is 24.3 Å². The second-order valence-electron chi connectivity index (χ2n) is 13.3. The molecule has 0 radical (unpaired) electrons. The Kier molecular flexibility index (Phi) is 11.6. The molecule has 0 bridgehead atoms. The third-order valence-corrected chi connectivity index (χ3v) is 11.3. The van der Waals surface area contributed by atoms with E-state index in [9.17, 15) is 13.2 Å². The minimum Gasteiger partial charge on any atom is -0.455 e. The van der Waals surface area contributed by atoms with E-state index in [0.29, 0.717) is 16.7 Å². The van der Waals surface area contributed by atoms with Crippen molar-refractivity contribution >= 4 is 38.9 Å².